The van der Waals surface area contributed by atoms with Gasteiger partial charge in [-0.1, -0.05) is 12.1 Å². The molecule has 2 aliphatic heterocycles. The average Bonchev–Trinajstić information content (AvgIpc) is 2.92. The Morgan fingerprint density at radius 3 is 2.70 bits per heavy atom. The number of carbonyl (C=O) groups is 3. The molecule has 3 rings (SSSR count). The SMILES string of the molecule is COCCN1C(=O)c2ccccc2N2C(=O)CCC12C(=O)OC. The Labute approximate surface area is 133 Å². The predicted octanol–water partition coefficient (Wildman–Crippen LogP) is 0.785. The molecule has 0 bridgehead atoms. The summed E-state index contributed by atoms with van der Waals surface area (Å²) in [6, 6.07) is 6.81. The molecule has 1 fully saturated rings. The smallest absolute Gasteiger partial charge is 0.353 e. The number of hydrogen-bond acceptors (Lipinski definition) is 5. The van der Waals surface area contributed by atoms with E-state index in [1.54, 1.807) is 24.3 Å². The van der Waals surface area contributed by atoms with E-state index in [0.29, 0.717) is 11.3 Å². The number of fused-ring (bicyclic) bond motifs is 3. The number of carbonyl (C=O) groups excluding carboxylic acids is 3. The Morgan fingerprint density at radius 1 is 1.26 bits per heavy atom. The first-order valence-electron chi connectivity index (χ1n) is 7.39. The lowest BCUT2D eigenvalue weighted by Crippen LogP contribution is -2.68. The fourth-order valence-electron chi connectivity index (χ4n) is 3.40. The van der Waals surface area contributed by atoms with Crippen LogP contribution < -0.4 is 4.90 Å². The van der Waals surface area contributed by atoms with Crippen molar-refractivity contribution >= 4 is 23.5 Å². The van der Waals surface area contributed by atoms with E-state index in [2.05, 4.69) is 0 Å². The van der Waals surface area contributed by atoms with E-state index in [1.165, 1.54) is 24.0 Å². The number of esters is 1. The normalized spacial score (nSPS) is 22.9. The molecular formula is C16H18N2O5. The molecule has 23 heavy (non-hydrogen) atoms. The van der Waals surface area contributed by atoms with E-state index < -0.39 is 11.6 Å². The summed E-state index contributed by atoms with van der Waals surface area (Å²) >= 11 is 0. The summed E-state index contributed by atoms with van der Waals surface area (Å²) in [5.41, 5.74) is -0.562. The highest BCUT2D eigenvalue weighted by Crippen LogP contribution is 2.44. The highest BCUT2D eigenvalue weighted by Gasteiger charge is 2.61. The zero-order chi connectivity index (χ0) is 16.6. The molecule has 0 N–H and O–H groups in total. The molecule has 122 valence electrons. The summed E-state index contributed by atoms with van der Waals surface area (Å²) in [5.74, 6) is -1.10. The summed E-state index contributed by atoms with van der Waals surface area (Å²) in [5, 5.41) is 0. The number of nitrogens with zero attached hydrogens (tertiary/aromatic N) is 2. The highest BCUT2D eigenvalue weighted by atomic mass is 16.5. The molecule has 1 atom stereocenters. The van der Waals surface area contributed by atoms with Gasteiger partial charge in [0.1, 0.15) is 0 Å². The fraction of sp³-hybridized carbons (Fsp3) is 0.438. The number of methoxy groups -OCH3 is 2. The lowest BCUT2D eigenvalue weighted by Gasteiger charge is -2.48. The van der Waals surface area contributed by atoms with Gasteiger partial charge in [-0.15, -0.1) is 0 Å². The Kier molecular flexibility index (Phi) is 3.81. The zero-order valence-electron chi connectivity index (χ0n) is 13.1. The van der Waals surface area contributed by atoms with Crippen molar-refractivity contribution in [3.8, 4) is 0 Å². The number of amides is 2. The Bertz CT molecular complexity index is 674. The molecule has 2 heterocycles. The first-order chi connectivity index (χ1) is 11.1. The van der Waals surface area contributed by atoms with Crippen LogP contribution in [0.1, 0.15) is 23.2 Å². The quantitative estimate of drug-likeness (QED) is 0.767. The van der Waals surface area contributed by atoms with Crippen molar-refractivity contribution < 1.29 is 23.9 Å². The van der Waals surface area contributed by atoms with E-state index in [9.17, 15) is 14.4 Å². The van der Waals surface area contributed by atoms with Gasteiger partial charge >= 0.3 is 5.97 Å². The molecule has 0 radical (unpaired) electrons. The molecule has 1 saturated heterocycles. The van der Waals surface area contributed by atoms with Gasteiger partial charge in [0, 0.05) is 26.5 Å². The summed E-state index contributed by atoms with van der Waals surface area (Å²) in [6.07, 6.45) is 0.391. The average molecular weight is 318 g/mol. The molecule has 1 unspecified atom stereocenters. The standard InChI is InChI=1S/C16H18N2O5/c1-22-10-9-17-14(20)11-5-3-4-6-12(11)18-13(19)7-8-16(17,18)15(21)23-2/h3-6H,7-10H2,1-2H3. The summed E-state index contributed by atoms with van der Waals surface area (Å²) in [4.78, 5) is 40.8. The minimum atomic E-state index is -1.42. The van der Waals surface area contributed by atoms with Crippen molar-refractivity contribution in [3.05, 3.63) is 29.8 Å². The third-order valence-electron chi connectivity index (χ3n) is 4.41. The summed E-state index contributed by atoms with van der Waals surface area (Å²) in [7, 11) is 2.78. The first-order valence-corrected chi connectivity index (χ1v) is 7.39. The lowest BCUT2D eigenvalue weighted by atomic mass is 9.96. The van der Waals surface area contributed by atoms with Crippen molar-refractivity contribution in [3.63, 3.8) is 0 Å². The minimum Gasteiger partial charge on any atom is -0.466 e. The molecule has 0 spiro atoms. The topological polar surface area (TPSA) is 76.2 Å². The van der Waals surface area contributed by atoms with E-state index in [1.807, 2.05) is 0 Å². The minimum absolute atomic E-state index is 0.181. The zero-order valence-corrected chi connectivity index (χ0v) is 13.1. The Hall–Kier alpha value is -2.41. The molecular weight excluding hydrogens is 300 g/mol. The predicted molar refractivity (Wildman–Crippen MR) is 80.8 cm³/mol. The third kappa shape index (κ3) is 2.03. The number of para-hydroxylation sites is 1. The second-order valence-corrected chi connectivity index (χ2v) is 5.50. The molecule has 2 amide bonds. The molecule has 1 aromatic carbocycles. The number of ether oxygens (including phenoxy) is 2. The molecule has 0 aromatic heterocycles. The van der Waals surface area contributed by atoms with E-state index in [4.69, 9.17) is 9.47 Å². The van der Waals surface area contributed by atoms with Crippen LogP contribution in [-0.4, -0.2) is 55.7 Å². The molecule has 1 aromatic rings. The monoisotopic (exact) mass is 318 g/mol. The van der Waals surface area contributed by atoms with Gasteiger partial charge in [-0.2, -0.15) is 0 Å². The van der Waals surface area contributed by atoms with Gasteiger partial charge in [0.05, 0.1) is 25.0 Å². The third-order valence-corrected chi connectivity index (χ3v) is 4.41. The van der Waals surface area contributed by atoms with Crippen LogP contribution in [0.2, 0.25) is 0 Å². The fourth-order valence-corrected chi connectivity index (χ4v) is 3.40. The van der Waals surface area contributed by atoms with Crippen molar-refractivity contribution in [2.24, 2.45) is 0 Å². The maximum atomic E-state index is 12.9. The van der Waals surface area contributed by atoms with Crippen molar-refractivity contribution in [1.29, 1.82) is 0 Å². The van der Waals surface area contributed by atoms with Crippen LogP contribution in [0.4, 0.5) is 5.69 Å². The maximum absolute atomic E-state index is 12.9. The van der Waals surface area contributed by atoms with Gasteiger partial charge in [-0.05, 0) is 12.1 Å². The van der Waals surface area contributed by atoms with E-state index in [0.717, 1.165) is 0 Å². The van der Waals surface area contributed by atoms with E-state index >= 15 is 0 Å². The van der Waals surface area contributed by atoms with Gasteiger partial charge in [0.25, 0.3) is 5.91 Å². The van der Waals surface area contributed by atoms with Crippen molar-refractivity contribution in [2.45, 2.75) is 18.5 Å². The Morgan fingerprint density at radius 2 is 2.00 bits per heavy atom. The maximum Gasteiger partial charge on any atom is 0.353 e. The van der Waals surface area contributed by atoms with Crippen molar-refractivity contribution in [1.82, 2.24) is 4.90 Å². The second-order valence-electron chi connectivity index (χ2n) is 5.50. The largest absolute Gasteiger partial charge is 0.466 e. The number of benzene rings is 1. The van der Waals surface area contributed by atoms with Crippen LogP contribution in [0.25, 0.3) is 0 Å². The molecule has 0 saturated carbocycles. The van der Waals surface area contributed by atoms with Gasteiger partial charge in [0.2, 0.25) is 11.6 Å². The number of hydrogen-bond donors (Lipinski definition) is 0. The molecule has 7 nitrogen and oxygen atoms in total. The van der Waals surface area contributed by atoms with Crippen molar-refractivity contribution in [2.75, 3.05) is 32.3 Å². The molecule has 2 aliphatic rings. The van der Waals surface area contributed by atoms with Crippen LogP contribution in [0.15, 0.2) is 24.3 Å². The Balaban J connectivity index is 2.21. The van der Waals surface area contributed by atoms with Gasteiger partial charge < -0.3 is 14.4 Å². The molecule has 0 aliphatic carbocycles. The van der Waals surface area contributed by atoms with Crippen LogP contribution in [0.5, 0.6) is 0 Å². The van der Waals surface area contributed by atoms with Crippen LogP contribution >= 0.6 is 0 Å². The summed E-state index contributed by atoms with van der Waals surface area (Å²) in [6.45, 7) is 0.456. The second kappa shape index (κ2) is 5.66. The van der Waals surface area contributed by atoms with Crippen LogP contribution in [-0.2, 0) is 19.1 Å². The van der Waals surface area contributed by atoms with E-state index in [-0.39, 0.29) is 37.8 Å². The van der Waals surface area contributed by atoms with Crippen LogP contribution in [0.3, 0.4) is 0 Å². The first kappa shape index (κ1) is 15.5. The molecule has 7 heteroatoms. The summed E-state index contributed by atoms with van der Waals surface area (Å²) < 4.78 is 10.0. The number of anilines is 1. The van der Waals surface area contributed by atoms with Gasteiger partial charge in [-0.25, -0.2) is 4.79 Å². The van der Waals surface area contributed by atoms with Crippen LogP contribution in [0, 0.1) is 0 Å². The highest BCUT2D eigenvalue weighted by molar-refractivity contribution is 6.15. The number of rotatable bonds is 4. The lowest BCUT2D eigenvalue weighted by molar-refractivity contribution is -0.154. The van der Waals surface area contributed by atoms with Gasteiger partial charge in [0.15, 0.2) is 0 Å². The van der Waals surface area contributed by atoms with Gasteiger partial charge in [-0.3, -0.25) is 14.5 Å².